The molecule has 0 saturated heterocycles. The molecule has 5 heteroatoms. The van der Waals surface area contributed by atoms with Crippen LogP contribution >= 0.6 is 11.3 Å². The van der Waals surface area contributed by atoms with Gasteiger partial charge in [-0.05, 0) is 24.4 Å². The Kier molecular flexibility index (Phi) is 3.22. The lowest BCUT2D eigenvalue weighted by atomic mass is 10.1. The van der Waals surface area contributed by atoms with Crippen molar-refractivity contribution in [2.45, 2.75) is 26.3 Å². The van der Waals surface area contributed by atoms with Gasteiger partial charge in [0.25, 0.3) is 0 Å². The molecule has 0 amide bonds. The minimum absolute atomic E-state index is 0.137. The minimum Gasteiger partial charge on any atom is -0.491 e. The van der Waals surface area contributed by atoms with Crippen LogP contribution in [0.4, 0.5) is 5.82 Å². The largest absolute Gasteiger partial charge is 0.491 e. The summed E-state index contributed by atoms with van der Waals surface area (Å²) in [6.07, 6.45) is 0.833. The summed E-state index contributed by atoms with van der Waals surface area (Å²) in [7, 11) is 0. The van der Waals surface area contributed by atoms with Crippen molar-refractivity contribution in [1.82, 2.24) is 9.97 Å². The van der Waals surface area contributed by atoms with E-state index in [2.05, 4.69) is 52.7 Å². The molecule has 0 radical (unpaired) electrons. The highest BCUT2D eigenvalue weighted by molar-refractivity contribution is 7.16. The predicted molar refractivity (Wildman–Crippen MR) is 89.8 cm³/mol. The summed E-state index contributed by atoms with van der Waals surface area (Å²) in [6.45, 7) is 4.82. The van der Waals surface area contributed by atoms with E-state index >= 15 is 0 Å². The van der Waals surface area contributed by atoms with Crippen LogP contribution in [0.25, 0.3) is 10.2 Å². The van der Waals surface area contributed by atoms with E-state index < -0.39 is 0 Å². The number of aromatic nitrogens is 2. The first-order chi connectivity index (χ1) is 10.7. The molecule has 2 aromatic heterocycles. The summed E-state index contributed by atoms with van der Waals surface area (Å²) in [6, 6.07) is 8.53. The monoisotopic (exact) mass is 311 g/mol. The van der Waals surface area contributed by atoms with Crippen molar-refractivity contribution in [1.29, 1.82) is 0 Å². The Morgan fingerprint density at radius 2 is 2.23 bits per heavy atom. The third-order valence-electron chi connectivity index (χ3n) is 3.94. The number of thiophene rings is 1. The molecule has 0 fully saturated rings. The zero-order valence-electron chi connectivity index (χ0n) is 12.6. The quantitative estimate of drug-likeness (QED) is 0.791. The van der Waals surface area contributed by atoms with Crippen molar-refractivity contribution < 1.29 is 4.74 Å². The van der Waals surface area contributed by atoms with Crippen molar-refractivity contribution in [2.24, 2.45) is 0 Å². The Morgan fingerprint density at radius 3 is 3.09 bits per heavy atom. The second-order valence-corrected chi connectivity index (χ2v) is 6.43. The summed E-state index contributed by atoms with van der Waals surface area (Å²) in [4.78, 5) is 10.3. The van der Waals surface area contributed by atoms with Gasteiger partial charge in [0.05, 0.1) is 11.4 Å². The van der Waals surface area contributed by atoms with Crippen LogP contribution in [0.5, 0.6) is 5.75 Å². The van der Waals surface area contributed by atoms with E-state index in [1.807, 2.05) is 6.07 Å². The molecule has 3 heterocycles. The van der Waals surface area contributed by atoms with Gasteiger partial charge in [-0.15, -0.1) is 11.3 Å². The van der Waals surface area contributed by atoms with E-state index in [4.69, 9.17) is 4.74 Å². The molecule has 112 valence electrons. The molecule has 4 rings (SSSR count). The SMILES string of the molecule is CCc1nc(NC2COc3ccc(C)cc32)c2ccsc2n1. The first-order valence-electron chi connectivity index (χ1n) is 7.48. The van der Waals surface area contributed by atoms with Gasteiger partial charge in [0, 0.05) is 12.0 Å². The lowest BCUT2D eigenvalue weighted by Crippen LogP contribution is -2.14. The van der Waals surface area contributed by atoms with Gasteiger partial charge in [-0.2, -0.15) is 0 Å². The standard InChI is InChI=1S/C17H17N3OS/c1-3-15-19-16(11-6-7-22-17(11)20-15)18-13-9-21-14-5-4-10(2)8-12(13)14/h4-8,13H,3,9H2,1-2H3,(H,18,19,20). The highest BCUT2D eigenvalue weighted by Gasteiger charge is 2.25. The maximum atomic E-state index is 5.79. The molecule has 1 aromatic carbocycles. The Balaban J connectivity index is 1.73. The van der Waals surface area contributed by atoms with Crippen LogP contribution in [0.15, 0.2) is 29.6 Å². The van der Waals surface area contributed by atoms with E-state index in [0.717, 1.165) is 34.0 Å². The lowest BCUT2D eigenvalue weighted by molar-refractivity contribution is 0.339. The number of nitrogens with one attached hydrogen (secondary N) is 1. The fourth-order valence-electron chi connectivity index (χ4n) is 2.79. The maximum absolute atomic E-state index is 5.79. The zero-order chi connectivity index (χ0) is 15.1. The number of fused-ring (bicyclic) bond motifs is 2. The first-order valence-corrected chi connectivity index (χ1v) is 8.36. The summed E-state index contributed by atoms with van der Waals surface area (Å²) in [5.41, 5.74) is 2.45. The third kappa shape index (κ3) is 2.22. The molecule has 3 aromatic rings. The van der Waals surface area contributed by atoms with Gasteiger partial charge >= 0.3 is 0 Å². The van der Waals surface area contributed by atoms with Crippen molar-refractivity contribution >= 4 is 27.4 Å². The third-order valence-corrected chi connectivity index (χ3v) is 4.75. The molecule has 4 nitrogen and oxygen atoms in total. The molecule has 1 unspecified atom stereocenters. The van der Waals surface area contributed by atoms with E-state index in [-0.39, 0.29) is 6.04 Å². The number of anilines is 1. The topological polar surface area (TPSA) is 47.0 Å². The van der Waals surface area contributed by atoms with Crippen LogP contribution in [-0.4, -0.2) is 16.6 Å². The summed E-state index contributed by atoms with van der Waals surface area (Å²) in [5, 5.41) is 6.71. The predicted octanol–water partition coefficient (Wildman–Crippen LogP) is 4.11. The molecular formula is C17H17N3OS. The number of benzene rings is 1. The second kappa shape index (κ2) is 5.25. The number of aryl methyl sites for hydroxylation is 2. The molecule has 1 N–H and O–H groups in total. The molecule has 1 atom stereocenters. The van der Waals surface area contributed by atoms with E-state index in [1.165, 1.54) is 11.1 Å². The second-order valence-electron chi connectivity index (χ2n) is 5.53. The number of hydrogen-bond acceptors (Lipinski definition) is 5. The number of hydrogen-bond donors (Lipinski definition) is 1. The summed E-state index contributed by atoms with van der Waals surface area (Å²) in [5.74, 6) is 2.75. The minimum atomic E-state index is 0.137. The zero-order valence-corrected chi connectivity index (χ0v) is 13.4. The van der Waals surface area contributed by atoms with Gasteiger partial charge in [-0.25, -0.2) is 9.97 Å². The fraction of sp³-hybridized carbons (Fsp3) is 0.294. The first kappa shape index (κ1) is 13.5. The van der Waals surface area contributed by atoms with Crippen LogP contribution in [-0.2, 0) is 6.42 Å². The van der Waals surface area contributed by atoms with E-state index in [1.54, 1.807) is 11.3 Å². The fourth-order valence-corrected chi connectivity index (χ4v) is 3.57. The van der Waals surface area contributed by atoms with Crippen LogP contribution in [0.2, 0.25) is 0 Å². The smallest absolute Gasteiger partial charge is 0.139 e. The van der Waals surface area contributed by atoms with E-state index in [9.17, 15) is 0 Å². The number of nitrogens with zero attached hydrogens (tertiary/aromatic N) is 2. The summed E-state index contributed by atoms with van der Waals surface area (Å²) >= 11 is 1.65. The molecule has 0 aliphatic carbocycles. The molecule has 1 aliphatic heterocycles. The van der Waals surface area contributed by atoms with E-state index in [0.29, 0.717) is 6.61 Å². The molecule has 0 bridgehead atoms. The Hall–Kier alpha value is -2.14. The molecule has 22 heavy (non-hydrogen) atoms. The molecule has 0 spiro atoms. The van der Waals surface area contributed by atoms with Gasteiger partial charge < -0.3 is 10.1 Å². The molecule has 0 saturated carbocycles. The van der Waals surface area contributed by atoms with Crippen molar-refractivity contribution in [3.63, 3.8) is 0 Å². The lowest BCUT2D eigenvalue weighted by Gasteiger charge is -2.14. The van der Waals surface area contributed by atoms with Crippen molar-refractivity contribution in [2.75, 3.05) is 11.9 Å². The van der Waals surface area contributed by atoms with Gasteiger partial charge in [0.15, 0.2) is 0 Å². The average molecular weight is 311 g/mol. The highest BCUT2D eigenvalue weighted by Crippen LogP contribution is 2.36. The Morgan fingerprint density at radius 1 is 1.32 bits per heavy atom. The number of rotatable bonds is 3. The average Bonchev–Trinajstić information content (AvgIpc) is 3.14. The normalized spacial score (nSPS) is 16.5. The summed E-state index contributed by atoms with van der Waals surface area (Å²) < 4.78 is 5.79. The highest BCUT2D eigenvalue weighted by atomic mass is 32.1. The molecule has 1 aliphatic rings. The van der Waals surface area contributed by atoms with Gasteiger partial charge in [-0.3, -0.25) is 0 Å². The Bertz CT molecular complexity index is 843. The van der Waals surface area contributed by atoms with Crippen molar-refractivity contribution in [3.8, 4) is 5.75 Å². The number of ether oxygens (including phenoxy) is 1. The van der Waals surface area contributed by atoms with Crippen LogP contribution < -0.4 is 10.1 Å². The molecular weight excluding hydrogens is 294 g/mol. The van der Waals surface area contributed by atoms with Gasteiger partial charge in [0.2, 0.25) is 0 Å². The van der Waals surface area contributed by atoms with Gasteiger partial charge in [0.1, 0.15) is 28.8 Å². The van der Waals surface area contributed by atoms with Crippen LogP contribution in [0.3, 0.4) is 0 Å². The maximum Gasteiger partial charge on any atom is 0.139 e. The van der Waals surface area contributed by atoms with Gasteiger partial charge in [-0.1, -0.05) is 24.6 Å². The van der Waals surface area contributed by atoms with Crippen molar-refractivity contribution in [3.05, 3.63) is 46.6 Å². The van der Waals surface area contributed by atoms with Crippen LogP contribution in [0, 0.1) is 6.92 Å². The Labute approximate surface area is 133 Å². The van der Waals surface area contributed by atoms with Crippen LogP contribution in [0.1, 0.15) is 29.9 Å².